The highest BCUT2D eigenvalue weighted by molar-refractivity contribution is 5.94. The molecule has 0 unspecified atom stereocenters. The molecule has 0 bridgehead atoms. The van der Waals surface area contributed by atoms with Gasteiger partial charge in [-0.05, 0) is 26.2 Å². The average molecular weight is 468 g/mol. The highest BCUT2D eigenvalue weighted by Crippen LogP contribution is 2.37. The molecule has 0 aromatic heterocycles. The van der Waals surface area contributed by atoms with Crippen molar-refractivity contribution < 1.29 is 36.9 Å². The van der Waals surface area contributed by atoms with E-state index in [1.165, 1.54) is 4.90 Å². The van der Waals surface area contributed by atoms with Gasteiger partial charge < -0.3 is 24.8 Å². The Labute approximate surface area is 188 Å². The fraction of sp³-hybridized carbons (Fsp3) is 0.435. The van der Waals surface area contributed by atoms with Crippen molar-refractivity contribution in [3.05, 3.63) is 47.0 Å². The van der Waals surface area contributed by atoms with E-state index < -0.39 is 34.8 Å². The molecular weight excluding hydrogens is 444 g/mol. The van der Waals surface area contributed by atoms with Crippen LogP contribution >= 0.6 is 0 Å². The maximum atomic E-state index is 14.5. The van der Waals surface area contributed by atoms with E-state index in [4.69, 9.17) is 9.47 Å². The number of anilines is 2. The molecule has 0 spiro atoms. The molecule has 0 radical (unpaired) electrons. The lowest BCUT2D eigenvalue weighted by molar-refractivity contribution is -0.116. The Bertz CT molecular complexity index is 1050. The maximum absolute atomic E-state index is 14.5. The Kier molecular flexibility index (Phi) is 6.38. The zero-order valence-electron chi connectivity index (χ0n) is 18.0. The van der Waals surface area contributed by atoms with Crippen LogP contribution in [0.4, 0.5) is 28.9 Å². The summed E-state index contributed by atoms with van der Waals surface area (Å²) in [5.41, 5.74) is -1.44. The molecule has 6 nitrogen and oxygen atoms in total. The molecule has 178 valence electrons. The first kappa shape index (κ1) is 23.2. The zero-order chi connectivity index (χ0) is 23.8. The molecule has 2 aromatic carbocycles. The molecule has 4 rings (SSSR count). The van der Waals surface area contributed by atoms with Crippen LogP contribution in [0.15, 0.2) is 18.2 Å². The van der Waals surface area contributed by atoms with E-state index in [-0.39, 0.29) is 74.9 Å². The average Bonchev–Trinajstić information content (AvgIpc) is 2.77. The topological polar surface area (TPSA) is 71.0 Å². The first-order valence-corrected chi connectivity index (χ1v) is 10.7. The van der Waals surface area contributed by atoms with Gasteiger partial charge in [-0.1, -0.05) is 0 Å². The van der Waals surface area contributed by atoms with E-state index in [1.807, 2.05) is 0 Å². The van der Waals surface area contributed by atoms with Gasteiger partial charge in [-0.25, -0.2) is 17.6 Å². The van der Waals surface area contributed by atoms with Crippen LogP contribution in [0.2, 0.25) is 0 Å². The number of nitrogens with zero attached hydrogens (tertiary/aromatic N) is 1. The quantitative estimate of drug-likeness (QED) is 0.629. The first-order chi connectivity index (χ1) is 15.7. The number of piperidine rings is 1. The number of ether oxygens (including phenoxy) is 2. The molecule has 10 heteroatoms. The molecule has 0 atom stereocenters. The van der Waals surface area contributed by atoms with Crippen molar-refractivity contribution in [2.75, 3.05) is 36.5 Å². The van der Waals surface area contributed by atoms with Gasteiger partial charge in [0.1, 0.15) is 29.4 Å². The van der Waals surface area contributed by atoms with E-state index in [1.54, 1.807) is 6.92 Å². The van der Waals surface area contributed by atoms with Gasteiger partial charge >= 0.3 is 0 Å². The third kappa shape index (κ3) is 4.71. The van der Waals surface area contributed by atoms with E-state index >= 15 is 0 Å². The summed E-state index contributed by atoms with van der Waals surface area (Å²) < 4.78 is 67.9. The number of hydrogen-bond acceptors (Lipinski definition) is 5. The number of benzene rings is 2. The predicted molar refractivity (Wildman–Crippen MR) is 113 cm³/mol. The summed E-state index contributed by atoms with van der Waals surface area (Å²) in [4.78, 5) is 13.1. The van der Waals surface area contributed by atoms with Gasteiger partial charge in [0.15, 0.2) is 23.3 Å². The Morgan fingerprint density at radius 2 is 1.70 bits per heavy atom. The fourth-order valence-electron chi connectivity index (χ4n) is 4.19. The number of hydrogen-bond donors (Lipinski definition) is 2. The number of halogens is 4. The van der Waals surface area contributed by atoms with E-state index in [9.17, 15) is 27.5 Å². The molecule has 1 fully saturated rings. The van der Waals surface area contributed by atoms with Crippen molar-refractivity contribution in [3.8, 4) is 11.5 Å². The third-order valence-electron chi connectivity index (χ3n) is 5.96. The molecule has 2 aromatic rings. The van der Waals surface area contributed by atoms with Crippen LogP contribution in [-0.4, -0.2) is 42.9 Å². The molecule has 2 N–H and O–H groups in total. The minimum absolute atomic E-state index is 0.0448. The minimum atomic E-state index is -1.33. The second kappa shape index (κ2) is 9.09. The number of nitrogens with one attached hydrogen (secondary N) is 1. The number of carbonyl (C=O) groups is 1. The van der Waals surface area contributed by atoms with Crippen LogP contribution in [0.25, 0.3) is 0 Å². The Morgan fingerprint density at radius 3 is 2.33 bits per heavy atom. The fourth-order valence-corrected chi connectivity index (χ4v) is 4.19. The van der Waals surface area contributed by atoms with Crippen molar-refractivity contribution in [1.29, 1.82) is 0 Å². The third-order valence-corrected chi connectivity index (χ3v) is 5.96. The van der Waals surface area contributed by atoms with Gasteiger partial charge in [0.25, 0.3) is 0 Å². The standard InChI is InChI=1S/C23H24F4N2O4/c1-2-32-13-9-16(25)22(17(26)10-13)29-7-5-23(31,6-8-29)12-33-18-11-15(24)20(27)21-14(18)3-4-19(30)28-21/h9-11,31H,2-8,12H2,1H3,(H,28,30). The number of amides is 1. The molecule has 1 amide bonds. The van der Waals surface area contributed by atoms with Gasteiger partial charge in [-0.3, -0.25) is 4.79 Å². The molecule has 0 saturated carbocycles. The van der Waals surface area contributed by atoms with Gasteiger partial charge in [0.2, 0.25) is 5.91 Å². The lowest BCUT2D eigenvalue weighted by atomic mass is 9.91. The summed E-state index contributed by atoms with van der Waals surface area (Å²) in [7, 11) is 0. The SMILES string of the molecule is CCOc1cc(F)c(N2CCC(O)(COc3cc(F)c(F)c4c3CCC(=O)N4)CC2)c(F)c1. The summed E-state index contributed by atoms with van der Waals surface area (Å²) in [5.74, 6) is -4.11. The van der Waals surface area contributed by atoms with Gasteiger partial charge in [0.05, 0.1) is 12.3 Å². The van der Waals surface area contributed by atoms with Crippen LogP contribution in [0, 0.1) is 23.3 Å². The van der Waals surface area contributed by atoms with Crippen LogP contribution in [0.1, 0.15) is 31.7 Å². The molecule has 0 aliphatic carbocycles. The Hall–Kier alpha value is -3.01. The first-order valence-electron chi connectivity index (χ1n) is 10.7. The van der Waals surface area contributed by atoms with Crippen LogP contribution in [-0.2, 0) is 11.2 Å². The van der Waals surface area contributed by atoms with Crippen LogP contribution in [0.5, 0.6) is 11.5 Å². The van der Waals surface area contributed by atoms with E-state index in [0.717, 1.165) is 18.2 Å². The summed E-state index contributed by atoms with van der Waals surface area (Å²) in [6.07, 6.45) is 0.562. The van der Waals surface area contributed by atoms with Crippen molar-refractivity contribution >= 4 is 17.3 Å². The number of aliphatic hydroxyl groups is 1. The van der Waals surface area contributed by atoms with E-state index in [0.29, 0.717) is 5.56 Å². The summed E-state index contributed by atoms with van der Waals surface area (Å²) in [6, 6.07) is 3.14. The number of rotatable bonds is 6. The largest absolute Gasteiger partial charge is 0.494 e. The van der Waals surface area contributed by atoms with Gasteiger partial charge in [-0.2, -0.15) is 0 Å². The minimum Gasteiger partial charge on any atom is -0.494 e. The smallest absolute Gasteiger partial charge is 0.224 e. The van der Waals surface area contributed by atoms with Crippen LogP contribution in [0.3, 0.4) is 0 Å². The summed E-state index contributed by atoms with van der Waals surface area (Å²) in [6.45, 7) is 2.09. The van der Waals surface area contributed by atoms with E-state index in [2.05, 4.69) is 5.32 Å². The lowest BCUT2D eigenvalue weighted by Gasteiger charge is -2.39. The summed E-state index contributed by atoms with van der Waals surface area (Å²) in [5, 5.41) is 13.2. The molecule has 2 heterocycles. The van der Waals surface area contributed by atoms with Crippen molar-refractivity contribution in [2.45, 2.75) is 38.2 Å². The zero-order valence-corrected chi connectivity index (χ0v) is 18.0. The second-order valence-corrected chi connectivity index (χ2v) is 8.24. The second-order valence-electron chi connectivity index (χ2n) is 8.24. The molecule has 33 heavy (non-hydrogen) atoms. The van der Waals surface area contributed by atoms with Crippen molar-refractivity contribution in [3.63, 3.8) is 0 Å². The van der Waals surface area contributed by atoms with Crippen molar-refractivity contribution in [1.82, 2.24) is 0 Å². The predicted octanol–water partition coefficient (Wildman–Crippen LogP) is 3.94. The van der Waals surface area contributed by atoms with Crippen molar-refractivity contribution in [2.24, 2.45) is 0 Å². The molecule has 2 aliphatic rings. The number of carbonyl (C=O) groups excluding carboxylic acids is 1. The lowest BCUT2D eigenvalue weighted by Crippen LogP contribution is -2.48. The van der Waals surface area contributed by atoms with Gasteiger partial charge in [0, 0.05) is 43.3 Å². The highest BCUT2D eigenvalue weighted by atomic mass is 19.2. The number of fused-ring (bicyclic) bond motifs is 1. The normalized spacial score (nSPS) is 17.4. The molecule has 1 saturated heterocycles. The van der Waals surface area contributed by atoms with Gasteiger partial charge in [-0.15, -0.1) is 0 Å². The maximum Gasteiger partial charge on any atom is 0.224 e. The highest BCUT2D eigenvalue weighted by Gasteiger charge is 2.36. The summed E-state index contributed by atoms with van der Waals surface area (Å²) >= 11 is 0. The Morgan fingerprint density at radius 1 is 1.03 bits per heavy atom. The van der Waals surface area contributed by atoms with Crippen LogP contribution < -0.4 is 19.7 Å². The Balaban J connectivity index is 1.44. The monoisotopic (exact) mass is 468 g/mol. The molecular formula is C23H24F4N2O4. The molecule has 2 aliphatic heterocycles.